The molecule has 0 unspecified atom stereocenters. The monoisotopic (exact) mass is 336 g/mol. The maximum Gasteiger partial charge on any atom is 0.240 e. The SMILES string of the molecule is CCCc1n[nH]c(=S)n1CC(=O)NCCCn1nc(C)cc1C. The maximum absolute atomic E-state index is 12.1. The Bertz CT molecular complexity index is 714. The van der Waals surface area contributed by atoms with Crippen LogP contribution in [0, 0.1) is 18.6 Å². The van der Waals surface area contributed by atoms with Crippen LogP contribution in [-0.4, -0.2) is 37.0 Å². The van der Waals surface area contributed by atoms with Crippen molar-refractivity contribution in [1.82, 2.24) is 29.9 Å². The van der Waals surface area contributed by atoms with Gasteiger partial charge in [0.25, 0.3) is 0 Å². The Kier molecular flexibility index (Phi) is 6.09. The number of aromatic amines is 1. The molecule has 23 heavy (non-hydrogen) atoms. The maximum atomic E-state index is 12.1. The number of hydrogen-bond acceptors (Lipinski definition) is 4. The van der Waals surface area contributed by atoms with Crippen molar-refractivity contribution < 1.29 is 4.79 Å². The second-order valence-electron chi connectivity index (χ2n) is 5.63. The normalized spacial score (nSPS) is 10.9. The van der Waals surface area contributed by atoms with Crippen molar-refractivity contribution in [1.29, 1.82) is 0 Å². The molecule has 0 atom stereocenters. The van der Waals surface area contributed by atoms with Crippen LogP contribution in [0.5, 0.6) is 0 Å². The summed E-state index contributed by atoms with van der Waals surface area (Å²) in [6.07, 6.45) is 2.61. The lowest BCUT2D eigenvalue weighted by Gasteiger charge is -2.08. The minimum absolute atomic E-state index is 0.0479. The van der Waals surface area contributed by atoms with E-state index in [-0.39, 0.29) is 12.5 Å². The molecule has 0 bridgehead atoms. The van der Waals surface area contributed by atoms with Gasteiger partial charge in [0.15, 0.2) is 4.77 Å². The van der Waals surface area contributed by atoms with E-state index in [0.717, 1.165) is 43.0 Å². The summed E-state index contributed by atoms with van der Waals surface area (Å²) < 4.78 is 4.22. The van der Waals surface area contributed by atoms with Gasteiger partial charge in [0.1, 0.15) is 12.4 Å². The highest BCUT2D eigenvalue weighted by Gasteiger charge is 2.09. The molecule has 2 N–H and O–H groups in total. The van der Waals surface area contributed by atoms with Crippen molar-refractivity contribution in [3.63, 3.8) is 0 Å². The number of nitrogens with zero attached hydrogens (tertiary/aromatic N) is 4. The van der Waals surface area contributed by atoms with Gasteiger partial charge in [0, 0.05) is 25.2 Å². The van der Waals surface area contributed by atoms with E-state index in [1.165, 1.54) is 0 Å². The zero-order valence-electron chi connectivity index (χ0n) is 13.9. The molecule has 0 saturated heterocycles. The number of rotatable bonds is 8. The third kappa shape index (κ3) is 4.75. The van der Waals surface area contributed by atoms with E-state index in [9.17, 15) is 4.79 Å². The largest absolute Gasteiger partial charge is 0.354 e. The third-order valence-corrected chi connectivity index (χ3v) is 3.90. The van der Waals surface area contributed by atoms with Crippen LogP contribution in [0.15, 0.2) is 6.07 Å². The van der Waals surface area contributed by atoms with E-state index in [2.05, 4.69) is 33.6 Å². The summed E-state index contributed by atoms with van der Waals surface area (Å²) in [6, 6.07) is 2.05. The summed E-state index contributed by atoms with van der Waals surface area (Å²) >= 11 is 5.17. The summed E-state index contributed by atoms with van der Waals surface area (Å²) in [7, 11) is 0. The number of carbonyl (C=O) groups excluding carboxylic acids is 1. The van der Waals surface area contributed by atoms with Gasteiger partial charge >= 0.3 is 0 Å². The minimum atomic E-state index is -0.0479. The van der Waals surface area contributed by atoms with Crippen LogP contribution in [0.25, 0.3) is 0 Å². The van der Waals surface area contributed by atoms with Crippen LogP contribution in [0.4, 0.5) is 0 Å². The predicted molar refractivity (Wildman–Crippen MR) is 90.7 cm³/mol. The topological polar surface area (TPSA) is 80.5 Å². The van der Waals surface area contributed by atoms with Gasteiger partial charge in [0.2, 0.25) is 5.91 Å². The first-order valence-electron chi connectivity index (χ1n) is 7.93. The Labute approximate surface area is 141 Å². The van der Waals surface area contributed by atoms with E-state index in [1.54, 1.807) is 4.57 Å². The molecule has 1 amide bonds. The summed E-state index contributed by atoms with van der Waals surface area (Å²) in [4.78, 5) is 12.1. The number of amides is 1. The van der Waals surface area contributed by atoms with Crippen molar-refractivity contribution >= 4 is 18.1 Å². The summed E-state index contributed by atoms with van der Waals surface area (Å²) in [5, 5.41) is 14.2. The first kappa shape index (κ1) is 17.4. The zero-order valence-corrected chi connectivity index (χ0v) is 14.7. The fourth-order valence-corrected chi connectivity index (χ4v) is 2.70. The molecule has 7 nitrogen and oxygen atoms in total. The van der Waals surface area contributed by atoms with Gasteiger partial charge in [-0.3, -0.25) is 19.1 Å². The van der Waals surface area contributed by atoms with Crippen LogP contribution in [0.1, 0.15) is 37.0 Å². The molecule has 2 rings (SSSR count). The number of H-pyrrole nitrogens is 1. The van der Waals surface area contributed by atoms with E-state index < -0.39 is 0 Å². The van der Waals surface area contributed by atoms with Gasteiger partial charge < -0.3 is 5.32 Å². The van der Waals surface area contributed by atoms with Crippen molar-refractivity contribution in [3.05, 3.63) is 28.0 Å². The first-order chi connectivity index (χ1) is 11.0. The summed E-state index contributed by atoms with van der Waals surface area (Å²) in [6.45, 7) is 7.71. The molecule has 0 aliphatic rings. The molecular weight excluding hydrogens is 312 g/mol. The van der Waals surface area contributed by atoms with Crippen LogP contribution >= 0.6 is 12.2 Å². The molecule has 8 heteroatoms. The molecule has 0 fully saturated rings. The number of carbonyl (C=O) groups is 1. The first-order valence-corrected chi connectivity index (χ1v) is 8.34. The van der Waals surface area contributed by atoms with Crippen molar-refractivity contribution in [2.75, 3.05) is 6.54 Å². The van der Waals surface area contributed by atoms with Crippen molar-refractivity contribution in [3.8, 4) is 0 Å². The quantitative estimate of drug-likeness (QED) is 0.570. The Hall–Kier alpha value is -1.96. The molecule has 0 spiro atoms. The van der Waals surface area contributed by atoms with Gasteiger partial charge in [-0.25, -0.2) is 0 Å². The van der Waals surface area contributed by atoms with E-state index in [1.807, 2.05) is 18.5 Å². The summed E-state index contributed by atoms with van der Waals surface area (Å²) in [5.41, 5.74) is 2.16. The van der Waals surface area contributed by atoms with Crippen LogP contribution in [0.2, 0.25) is 0 Å². The molecular formula is C15H24N6OS. The molecule has 0 aliphatic heterocycles. The van der Waals surface area contributed by atoms with Crippen LogP contribution in [-0.2, 0) is 24.3 Å². The van der Waals surface area contributed by atoms with Crippen molar-refractivity contribution in [2.45, 2.75) is 53.1 Å². The molecule has 0 saturated carbocycles. The average molecular weight is 336 g/mol. The smallest absolute Gasteiger partial charge is 0.240 e. The number of aryl methyl sites for hydroxylation is 4. The highest BCUT2D eigenvalue weighted by molar-refractivity contribution is 7.71. The number of aromatic nitrogens is 5. The predicted octanol–water partition coefficient (Wildman–Crippen LogP) is 1.91. The molecule has 0 aromatic carbocycles. The van der Waals surface area contributed by atoms with E-state index in [4.69, 9.17) is 12.2 Å². The Morgan fingerprint density at radius 2 is 2.22 bits per heavy atom. The van der Waals surface area contributed by atoms with Crippen LogP contribution < -0.4 is 5.32 Å². The third-order valence-electron chi connectivity index (χ3n) is 3.58. The number of hydrogen-bond donors (Lipinski definition) is 2. The van der Waals surface area contributed by atoms with Crippen molar-refractivity contribution in [2.24, 2.45) is 0 Å². The van der Waals surface area contributed by atoms with Gasteiger partial charge in [-0.15, -0.1) is 0 Å². The van der Waals surface area contributed by atoms with Gasteiger partial charge in [-0.2, -0.15) is 10.2 Å². The highest BCUT2D eigenvalue weighted by atomic mass is 32.1. The second kappa shape index (κ2) is 8.05. The summed E-state index contributed by atoms with van der Waals surface area (Å²) in [5.74, 6) is 0.781. The lowest BCUT2D eigenvalue weighted by atomic mass is 10.3. The Morgan fingerprint density at radius 1 is 1.43 bits per heavy atom. The van der Waals surface area contributed by atoms with Crippen LogP contribution in [0.3, 0.4) is 0 Å². The van der Waals surface area contributed by atoms with E-state index >= 15 is 0 Å². The standard InChI is InChI=1S/C15H24N6OS/c1-4-6-13-17-18-15(23)20(13)10-14(22)16-7-5-8-21-12(3)9-11(2)19-21/h9H,4-8,10H2,1-3H3,(H,16,22)(H,18,23). The van der Waals surface area contributed by atoms with Gasteiger partial charge in [0.05, 0.1) is 5.69 Å². The molecule has 126 valence electrons. The minimum Gasteiger partial charge on any atom is -0.354 e. The lowest BCUT2D eigenvalue weighted by Crippen LogP contribution is -2.29. The zero-order chi connectivity index (χ0) is 16.8. The average Bonchev–Trinajstić information content (AvgIpc) is 3.00. The molecule has 0 radical (unpaired) electrons. The fraction of sp³-hybridized carbons (Fsp3) is 0.600. The Morgan fingerprint density at radius 3 is 2.87 bits per heavy atom. The lowest BCUT2D eigenvalue weighted by molar-refractivity contribution is -0.121. The molecule has 0 aliphatic carbocycles. The molecule has 2 aromatic rings. The van der Waals surface area contributed by atoms with Gasteiger partial charge in [-0.05, 0) is 45.0 Å². The highest BCUT2D eigenvalue weighted by Crippen LogP contribution is 2.03. The molecule has 2 aromatic heterocycles. The Balaban J connectivity index is 1.78. The second-order valence-corrected chi connectivity index (χ2v) is 6.02. The fourth-order valence-electron chi connectivity index (χ4n) is 2.49. The molecule has 2 heterocycles. The van der Waals surface area contributed by atoms with E-state index in [0.29, 0.717) is 11.3 Å². The number of nitrogens with one attached hydrogen (secondary N) is 2. The van der Waals surface area contributed by atoms with Gasteiger partial charge in [-0.1, -0.05) is 6.92 Å².